The van der Waals surface area contributed by atoms with Gasteiger partial charge in [-0.05, 0) is 13.8 Å². The Morgan fingerprint density at radius 3 is 2.44 bits per heavy atom. The van der Waals surface area contributed by atoms with Crippen LogP contribution in [0, 0.1) is 0 Å². The fourth-order valence-electron chi connectivity index (χ4n) is 1.34. The van der Waals surface area contributed by atoms with E-state index in [1.54, 1.807) is 13.8 Å². The molecule has 1 saturated heterocycles. The third-order valence-corrected chi connectivity index (χ3v) is 2.33. The zero-order valence-electron chi connectivity index (χ0n) is 10.9. The molecule has 1 aliphatic rings. The number of esters is 2. The maximum atomic E-state index is 11.6. The van der Waals surface area contributed by atoms with Crippen molar-refractivity contribution in [3.8, 4) is 0 Å². The molecule has 0 aliphatic carbocycles. The summed E-state index contributed by atoms with van der Waals surface area (Å²) in [5.41, 5.74) is 0.150. The molecule has 0 saturated carbocycles. The second-order valence-corrected chi connectivity index (χ2v) is 3.80. The Labute approximate surface area is 107 Å². The summed E-state index contributed by atoms with van der Waals surface area (Å²) in [6, 6.07) is 0. The first kappa shape index (κ1) is 14.5. The van der Waals surface area contributed by atoms with Gasteiger partial charge in [-0.3, -0.25) is 4.90 Å². The molecule has 1 fully saturated rings. The Bertz CT molecular complexity index is 324. The van der Waals surface area contributed by atoms with E-state index in [9.17, 15) is 9.59 Å². The minimum atomic E-state index is -0.542. The molecule has 18 heavy (non-hydrogen) atoms. The first-order valence-corrected chi connectivity index (χ1v) is 6.19. The zero-order chi connectivity index (χ0) is 13.4. The van der Waals surface area contributed by atoms with Crippen molar-refractivity contribution in [1.29, 1.82) is 0 Å². The second-order valence-electron chi connectivity index (χ2n) is 3.80. The van der Waals surface area contributed by atoms with Crippen LogP contribution in [0.3, 0.4) is 0 Å². The maximum absolute atomic E-state index is 11.6. The van der Waals surface area contributed by atoms with Crippen LogP contribution in [0.4, 0.5) is 0 Å². The molecule has 1 N–H and O–H groups in total. The van der Waals surface area contributed by atoms with E-state index >= 15 is 0 Å². The Morgan fingerprint density at radius 2 is 1.89 bits per heavy atom. The van der Waals surface area contributed by atoms with E-state index in [4.69, 9.17) is 9.47 Å². The first-order valence-electron chi connectivity index (χ1n) is 6.19. The Balaban J connectivity index is 2.48. The average Bonchev–Trinajstić information content (AvgIpc) is 3.12. The van der Waals surface area contributed by atoms with Gasteiger partial charge < -0.3 is 14.8 Å². The van der Waals surface area contributed by atoms with Crippen LogP contribution < -0.4 is 5.32 Å². The summed E-state index contributed by atoms with van der Waals surface area (Å²) in [6.07, 6.45) is 1.14. The van der Waals surface area contributed by atoms with Crippen LogP contribution in [0.1, 0.15) is 13.8 Å². The van der Waals surface area contributed by atoms with Crippen molar-refractivity contribution in [2.24, 2.45) is 0 Å². The summed E-state index contributed by atoms with van der Waals surface area (Å²) in [4.78, 5) is 25.1. The lowest BCUT2D eigenvalue weighted by Crippen LogP contribution is -2.28. The van der Waals surface area contributed by atoms with Crippen molar-refractivity contribution >= 4 is 11.9 Å². The number of carbonyl (C=O) groups is 2. The number of carbonyl (C=O) groups excluding carboxylic acids is 2. The molecule has 102 valence electrons. The van der Waals surface area contributed by atoms with E-state index in [1.807, 2.05) is 0 Å². The van der Waals surface area contributed by atoms with Crippen molar-refractivity contribution in [2.45, 2.75) is 13.8 Å². The molecule has 0 spiro atoms. The topological polar surface area (TPSA) is 67.6 Å². The molecule has 0 aromatic carbocycles. The SMILES string of the molecule is CCOC(=O)/C=C(\NCCN1CC1)C(=O)OCC. The van der Waals surface area contributed by atoms with Gasteiger partial charge in [-0.2, -0.15) is 0 Å². The van der Waals surface area contributed by atoms with Crippen molar-refractivity contribution in [3.05, 3.63) is 11.8 Å². The van der Waals surface area contributed by atoms with Gasteiger partial charge in [0.05, 0.1) is 19.3 Å². The van der Waals surface area contributed by atoms with E-state index in [-0.39, 0.29) is 18.9 Å². The van der Waals surface area contributed by atoms with Gasteiger partial charge in [0.25, 0.3) is 0 Å². The van der Waals surface area contributed by atoms with Gasteiger partial charge >= 0.3 is 11.9 Å². The average molecular weight is 256 g/mol. The zero-order valence-corrected chi connectivity index (χ0v) is 10.9. The number of hydrogen-bond donors (Lipinski definition) is 1. The highest BCUT2D eigenvalue weighted by Crippen LogP contribution is 2.01. The molecule has 1 aliphatic heterocycles. The molecule has 6 nitrogen and oxygen atoms in total. The lowest BCUT2D eigenvalue weighted by molar-refractivity contribution is -0.141. The molecule has 0 aromatic heterocycles. The fourth-order valence-corrected chi connectivity index (χ4v) is 1.34. The Kier molecular flexibility index (Phi) is 6.21. The highest BCUT2D eigenvalue weighted by molar-refractivity contribution is 5.95. The summed E-state index contributed by atoms with van der Waals surface area (Å²) in [7, 11) is 0. The van der Waals surface area contributed by atoms with Crippen molar-refractivity contribution in [2.75, 3.05) is 39.4 Å². The quantitative estimate of drug-likeness (QED) is 0.372. The van der Waals surface area contributed by atoms with E-state index in [1.165, 1.54) is 0 Å². The molecule has 0 atom stereocenters. The lowest BCUT2D eigenvalue weighted by Gasteiger charge is -2.10. The molecule has 6 heteroatoms. The van der Waals surface area contributed by atoms with Crippen LogP contribution in [0.5, 0.6) is 0 Å². The maximum Gasteiger partial charge on any atom is 0.354 e. The van der Waals surface area contributed by atoms with Gasteiger partial charge in [-0.15, -0.1) is 0 Å². The standard InChI is InChI=1S/C12H20N2O4/c1-3-17-11(15)9-10(12(16)18-4-2)13-5-6-14-7-8-14/h9,13H,3-8H2,1-2H3/b10-9-. The molecule has 0 bridgehead atoms. The van der Waals surface area contributed by atoms with Gasteiger partial charge in [-0.1, -0.05) is 0 Å². The highest BCUT2D eigenvalue weighted by Gasteiger charge is 2.17. The number of nitrogens with zero attached hydrogens (tertiary/aromatic N) is 1. The van der Waals surface area contributed by atoms with Gasteiger partial charge in [-0.25, -0.2) is 9.59 Å². The van der Waals surface area contributed by atoms with Crippen LogP contribution in [-0.4, -0.2) is 56.2 Å². The summed E-state index contributed by atoms with van der Waals surface area (Å²) in [5, 5.41) is 2.91. The molecule has 1 heterocycles. The van der Waals surface area contributed by atoms with Crippen molar-refractivity contribution in [1.82, 2.24) is 10.2 Å². The van der Waals surface area contributed by atoms with E-state index in [2.05, 4.69) is 10.2 Å². The minimum Gasteiger partial charge on any atom is -0.463 e. The summed E-state index contributed by atoms with van der Waals surface area (Å²) >= 11 is 0. The largest absolute Gasteiger partial charge is 0.463 e. The van der Waals surface area contributed by atoms with Crippen LogP contribution in [0.25, 0.3) is 0 Å². The van der Waals surface area contributed by atoms with E-state index < -0.39 is 11.9 Å². The third-order valence-electron chi connectivity index (χ3n) is 2.33. The monoisotopic (exact) mass is 256 g/mol. The van der Waals surface area contributed by atoms with E-state index in [0.717, 1.165) is 25.7 Å². The molecule has 0 aromatic rings. The molecule has 0 amide bonds. The number of hydrogen-bond acceptors (Lipinski definition) is 6. The normalized spacial score (nSPS) is 15.1. The molecular formula is C12H20N2O4. The number of nitrogens with one attached hydrogen (secondary N) is 1. The van der Waals surface area contributed by atoms with Gasteiger partial charge in [0.1, 0.15) is 5.70 Å². The number of rotatable bonds is 8. The number of ether oxygens (including phenoxy) is 2. The summed E-state index contributed by atoms with van der Waals surface area (Å²) in [6.45, 7) is 7.62. The van der Waals surface area contributed by atoms with Crippen LogP contribution >= 0.6 is 0 Å². The molecule has 1 rings (SSSR count). The molecular weight excluding hydrogens is 236 g/mol. The van der Waals surface area contributed by atoms with E-state index in [0.29, 0.717) is 6.54 Å². The Morgan fingerprint density at radius 1 is 1.22 bits per heavy atom. The molecule has 0 unspecified atom stereocenters. The third kappa shape index (κ3) is 5.67. The minimum absolute atomic E-state index is 0.150. The Hall–Kier alpha value is -1.56. The molecule has 0 radical (unpaired) electrons. The van der Waals surface area contributed by atoms with Crippen molar-refractivity contribution in [3.63, 3.8) is 0 Å². The summed E-state index contributed by atoms with van der Waals surface area (Å²) in [5.74, 6) is -1.07. The summed E-state index contributed by atoms with van der Waals surface area (Å²) < 4.78 is 9.63. The van der Waals surface area contributed by atoms with Crippen LogP contribution in [0.2, 0.25) is 0 Å². The predicted molar refractivity (Wildman–Crippen MR) is 65.8 cm³/mol. The predicted octanol–water partition coefficient (Wildman–Crippen LogP) is -0.0983. The van der Waals surface area contributed by atoms with Gasteiger partial charge in [0, 0.05) is 26.2 Å². The van der Waals surface area contributed by atoms with Gasteiger partial charge in [0.2, 0.25) is 0 Å². The van der Waals surface area contributed by atoms with Gasteiger partial charge in [0.15, 0.2) is 0 Å². The smallest absolute Gasteiger partial charge is 0.354 e. The second kappa shape index (κ2) is 7.71. The fraction of sp³-hybridized carbons (Fsp3) is 0.667. The van der Waals surface area contributed by atoms with Crippen molar-refractivity contribution < 1.29 is 19.1 Å². The van der Waals surface area contributed by atoms with Crippen LogP contribution in [0.15, 0.2) is 11.8 Å². The highest BCUT2D eigenvalue weighted by atomic mass is 16.5. The van der Waals surface area contributed by atoms with Crippen LogP contribution in [-0.2, 0) is 19.1 Å². The lowest BCUT2D eigenvalue weighted by atomic mass is 10.3. The first-order chi connectivity index (χ1) is 8.67.